The minimum atomic E-state index is -0.155. The lowest BCUT2D eigenvalue weighted by Gasteiger charge is -2.58. The first kappa shape index (κ1) is 12.2. The second-order valence-corrected chi connectivity index (χ2v) is 6.41. The molecule has 1 aromatic carbocycles. The fraction of sp³-hybridized carbons (Fsp3) is 0.625. The minimum Gasteiger partial charge on any atom is -0.330 e. The van der Waals surface area contributed by atoms with Gasteiger partial charge in [-0.3, -0.25) is 0 Å². The van der Waals surface area contributed by atoms with E-state index in [4.69, 9.17) is 5.73 Å². The van der Waals surface area contributed by atoms with Crippen molar-refractivity contribution in [2.75, 3.05) is 6.54 Å². The first-order valence-electron chi connectivity index (χ1n) is 7.14. The van der Waals surface area contributed by atoms with Crippen LogP contribution in [0.2, 0.25) is 0 Å². The lowest BCUT2D eigenvalue weighted by atomic mass is 9.47. The van der Waals surface area contributed by atoms with Gasteiger partial charge >= 0.3 is 0 Å². The highest BCUT2D eigenvalue weighted by molar-refractivity contribution is 5.31. The third kappa shape index (κ3) is 1.87. The van der Waals surface area contributed by atoms with Gasteiger partial charge in [-0.05, 0) is 48.8 Å². The Labute approximate surface area is 109 Å². The highest BCUT2D eigenvalue weighted by Gasteiger charge is 2.54. The number of benzene rings is 1. The van der Waals surface area contributed by atoms with Gasteiger partial charge in [-0.2, -0.15) is 0 Å². The van der Waals surface area contributed by atoms with E-state index < -0.39 is 0 Å². The number of hydrogen-bond donors (Lipinski definition) is 1. The molecule has 2 fully saturated rings. The van der Waals surface area contributed by atoms with E-state index in [0.717, 1.165) is 0 Å². The largest absolute Gasteiger partial charge is 0.330 e. The Morgan fingerprint density at radius 1 is 1.00 bits per heavy atom. The van der Waals surface area contributed by atoms with E-state index in [1.54, 1.807) is 12.1 Å². The summed E-state index contributed by atoms with van der Waals surface area (Å²) in [5, 5.41) is 0. The van der Waals surface area contributed by atoms with E-state index in [-0.39, 0.29) is 11.2 Å². The molecule has 2 aliphatic rings. The topological polar surface area (TPSA) is 26.0 Å². The predicted molar refractivity (Wildman–Crippen MR) is 71.9 cm³/mol. The summed E-state index contributed by atoms with van der Waals surface area (Å²) in [4.78, 5) is 0. The normalized spacial score (nSPS) is 24.8. The van der Waals surface area contributed by atoms with Crippen molar-refractivity contribution < 1.29 is 4.39 Å². The van der Waals surface area contributed by atoms with Crippen molar-refractivity contribution in [2.24, 2.45) is 11.1 Å². The monoisotopic (exact) mass is 247 g/mol. The fourth-order valence-electron chi connectivity index (χ4n) is 4.31. The molecule has 0 aromatic heterocycles. The molecular weight excluding hydrogens is 225 g/mol. The average molecular weight is 247 g/mol. The molecule has 18 heavy (non-hydrogen) atoms. The maximum absolute atomic E-state index is 13.0. The predicted octanol–water partition coefficient (Wildman–Crippen LogP) is 3.77. The molecule has 1 aromatic rings. The number of hydrogen-bond acceptors (Lipinski definition) is 1. The van der Waals surface area contributed by atoms with E-state index >= 15 is 0 Å². The van der Waals surface area contributed by atoms with E-state index in [9.17, 15) is 4.39 Å². The molecule has 0 heterocycles. The second kappa shape index (κ2) is 4.34. The van der Waals surface area contributed by atoms with E-state index in [1.165, 1.54) is 50.5 Å². The van der Waals surface area contributed by atoms with Gasteiger partial charge in [-0.15, -0.1) is 0 Å². The van der Waals surface area contributed by atoms with Gasteiger partial charge in [0.05, 0.1) is 0 Å². The highest BCUT2D eigenvalue weighted by atomic mass is 19.1. The van der Waals surface area contributed by atoms with Crippen LogP contribution in [0, 0.1) is 11.2 Å². The summed E-state index contributed by atoms with van der Waals surface area (Å²) in [6.07, 6.45) is 9.32. The highest BCUT2D eigenvalue weighted by Crippen LogP contribution is 2.61. The summed E-state index contributed by atoms with van der Waals surface area (Å²) in [5.41, 5.74) is 7.97. The lowest BCUT2D eigenvalue weighted by Crippen LogP contribution is -2.54. The van der Waals surface area contributed by atoms with Crippen molar-refractivity contribution >= 4 is 0 Å². The first-order chi connectivity index (χ1) is 8.68. The van der Waals surface area contributed by atoms with Crippen molar-refractivity contribution in [3.8, 4) is 0 Å². The van der Waals surface area contributed by atoms with Gasteiger partial charge in [-0.25, -0.2) is 4.39 Å². The van der Waals surface area contributed by atoms with Gasteiger partial charge in [0.1, 0.15) is 5.82 Å². The molecule has 0 saturated heterocycles. The molecule has 0 aliphatic heterocycles. The summed E-state index contributed by atoms with van der Waals surface area (Å²) in [6.45, 7) is 0.695. The van der Waals surface area contributed by atoms with Crippen LogP contribution in [0.4, 0.5) is 4.39 Å². The second-order valence-electron chi connectivity index (χ2n) is 6.41. The van der Waals surface area contributed by atoms with Crippen molar-refractivity contribution in [1.82, 2.24) is 0 Å². The Morgan fingerprint density at radius 3 is 2.17 bits per heavy atom. The third-order valence-electron chi connectivity index (χ3n) is 5.19. The number of rotatable bonds is 2. The van der Waals surface area contributed by atoms with Crippen LogP contribution in [0.25, 0.3) is 0 Å². The average Bonchev–Trinajstić information content (AvgIpc) is 2.37. The molecule has 1 spiro atoms. The van der Waals surface area contributed by atoms with E-state index in [0.29, 0.717) is 12.0 Å². The van der Waals surface area contributed by atoms with Crippen LogP contribution in [-0.2, 0) is 5.41 Å². The van der Waals surface area contributed by atoms with Crippen LogP contribution < -0.4 is 5.73 Å². The summed E-state index contributed by atoms with van der Waals surface area (Å²) in [5.74, 6) is -0.155. The zero-order chi connectivity index (χ0) is 12.6. The van der Waals surface area contributed by atoms with Crippen LogP contribution in [0.1, 0.15) is 50.5 Å². The molecule has 0 bridgehead atoms. The molecule has 2 heteroatoms. The van der Waals surface area contributed by atoms with Gasteiger partial charge in [0.2, 0.25) is 0 Å². The molecule has 0 amide bonds. The van der Waals surface area contributed by atoms with Crippen LogP contribution in [-0.4, -0.2) is 6.54 Å². The zero-order valence-electron chi connectivity index (χ0n) is 10.9. The Morgan fingerprint density at radius 2 is 1.61 bits per heavy atom. The molecule has 2 saturated carbocycles. The summed E-state index contributed by atoms with van der Waals surface area (Å²) in [7, 11) is 0. The minimum absolute atomic E-state index is 0.130. The summed E-state index contributed by atoms with van der Waals surface area (Å²) in [6, 6.07) is 6.99. The lowest BCUT2D eigenvalue weighted by molar-refractivity contribution is -0.00836. The number of nitrogens with two attached hydrogens (primary N) is 1. The molecule has 0 unspecified atom stereocenters. The van der Waals surface area contributed by atoms with Gasteiger partial charge in [-0.1, -0.05) is 31.4 Å². The van der Waals surface area contributed by atoms with Crippen LogP contribution >= 0.6 is 0 Å². The van der Waals surface area contributed by atoms with Crippen molar-refractivity contribution in [3.05, 3.63) is 35.6 Å². The van der Waals surface area contributed by atoms with Crippen LogP contribution in [0.5, 0.6) is 0 Å². The molecule has 1 nitrogen and oxygen atoms in total. The smallest absolute Gasteiger partial charge is 0.123 e. The van der Waals surface area contributed by atoms with Gasteiger partial charge < -0.3 is 5.73 Å². The molecule has 0 atom stereocenters. The van der Waals surface area contributed by atoms with Crippen LogP contribution in [0.3, 0.4) is 0 Å². The Bertz CT molecular complexity index is 409. The summed E-state index contributed by atoms with van der Waals surface area (Å²) >= 11 is 0. The van der Waals surface area contributed by atoms with Gasteiger partial charge in [0, 0.05) is 12.0 Å². The first-order valence-corrected chi connectivity index (χ1v) is 7.14. The summed E-state index contributed by atoms with van der Waals surface area (Å²) < 4.78 is 13.0. The van der Waals surface area contributed by atoms with Gasteiger partial charge in [0.15, 0.2) is 0 Å². The Kier molecular flexibility index (Phi) is 2.93. The standard InChI is InChI=1S/C16H22FN/c17-14-6-4-13(5-7-14)16(12-18)10-15(11-16)8-2-1-3-9-15/h4-7H,1-3,8-12,18H2. The molecule has 3 rings (SSSR count). The van der Waals surface area contributed by atoms with E-state index in [2.05, 4.69) is 0 Å². The zero-order valence-corrected chi connectivity index (χ0v) is 10.9. The maximum atomic E-state index is 13.0. The quantitative estimate of drug-likeness (QED) is 0.846. The Hall–Kier alpha value is -0.890. The van der Waals surface area contributed by atoms with Crippen molar-refractivity contribution in [2.45, 2.75) is 50.4 Å². The van der Waals surface area contributed by atoms with Crippen molar-refractivity contribution in [1.29, 1.82) is 0 Å². The molecule has 2 N–H and O–H groups in total. The SMILES string of the molecule is NCC1(c2ccc(F)cc2)CC2(CCCCC2)C1. The maximum Gasteiger partial charge on any atom is 0.123 e. The number of halogens is 1. The third-order valence-corrected chi connectivity index (χ3v) is 5.19. The van der Waals surface area contributed by atoms with E-state index in [1.807, 2.05) is 12.1 Å². The Balaban J connectivity index is 1.79. The molecule has 98 valence electrons. The van der Waals surface area contributed by atoms with Gasteiger partial charge in [0.25, 0.3) is 0 Å². The molecule has 0 radical (unpaired) electrons. The molecular formula is C16H22FN. The van der Waals surface area contributed by atoms with Crippen LogP contribution in [0.15, 0.2) is 24.3 Å². The molecule has 2 aliphatic carbocycles. The fourth-order valence-corrected chi connectivity index (χ4v) is 4.31. The van der Waals surface area contributed by atoms with Crippen molar-refractivity contribution in [3.63, 3.8) is 0 Å².